The van der Waals surface area contributed by atoms with Gasteiger partial charge in [-0.3, -0.25) is 4.79 Å². The number of benzene rings is 3. The summed E-state index contributed by atoms with van der Waals surface area (Å²) in [5, 5.41) is 3.43. The molecule has 0 saturated heterocycles. The largest absolute Gasteiger partial charge is 0.312 e. The molecule has 3 aromatic rings. The van der Waals surface area contributed by atoms with Gasteiger partial charge in [0.15, 0.2) is 5.78 Å². The highest BCUT2D eigenvalue weighted by Gasteiger charge is 2.08. The summed E-state index contributed by atoms with van der Waals surface area (Å²) in [4.78, 5) is 12.5. The molecule has 0 aromatic heterocycles. The first-order chi connectivity index (χ1) is 13.1. The van der Waals surface area contributed by atoms with Crippen LogP contribution in [0, 0.1) is 0 Å². The first kappa shape index (κ1) is 21.6. The number of hydrogen-bond acceptors (Lipinski definition) is 2. The minimum absolute atomic E-state index is 0. The van der Waals surface area contributed by atoms with Crippen LogP contribution >= 0.6 is 12.4 Å². The normalized spacial score (nSPS) is 10.2. The Bertz CT molecular complexity index is 900. The zero-order valence-electron chi connectivity index (χ0n) is 16.2. The summed E-state index contributed by atoms with van der Waals surface area (Å²) < 4.78 is 0. The molecule has 0 atom stereocenters. The van der Waals surface area contributed by atoms with Gasteiger partial charge in [0.2, 0.25) is 0 Å². The molecule has 144 valence electrons. The second-order valence-electron chi connectivity index (χ2n) is 6.85. The van der Waals surface area contributed by atoms with Crippen LogP contribution in [0.25, 0.3) is 11.1 Å². The predicted octanol–water partition coefficient (Wildman–Crippen LogP) is 6.06. The van der Waals surface area contributed by atoms with E-state index in [-0.39, 0.29) is 18.2 Å². The summed E-state index contributed by atoms with van der Waals surface area (Å²) in [6.07, 6.45) is 1.01. The fourth-order valence-corrected chi connectivity index (χ4v) is 2.92. The monoisotopic (exact) mass is 391 g/mol. The molecule has 0 aliphatic heterocycles. The molecule has 1 N–H and O–H groups in total. The van der Waals surface area contributed by atoms with E-state index in [4.69, 9.17) is 0 Å². The lowest BCUT2D eigenvalue weighted by Crippen LogP contribution is -2.14. The molecule has 0 aliphatic rings. The number of rotatable bonds is 8. The van der Waals surface area contributed by atoms with Gasteiger partial charge in [0.25, 0.3) is 0 Å². The average Bonchev–Trinajstić information content (AvgIpc) is 2.72. The molecular weight excluding hydrogens is 366 g/mol. The van der Waals surface area contributed by atoms with Crippen molar-refractivity contribution >= 4 is 18.2 Å². The fourth-order valence-electron chi connectivity index (χ4n) is 2.92. The van der Waals surface area contributed by atoms with Gasteiger partial charge in [0.1, 0.15) is 0 Å². The van der Waals surface area contributed by atoms with Gasteiger partial charge in [-0.1, -0.05) is 84.4 Å². The van der Waals surface area contributed by atoms with Crippen molar-refractivity contribution in [2.45, 2.75) is 19.9 Å². The molecule has 28 heavy (non-hydrogen) atoms. The molecule has 0 unspecified atom stereocenters. The van der Waals surface area contributed by atoms with Gasteiger partial charge in [-0.05, 0) is 36.6 Å². The molecule has 0 radical (unpaired) electrons. The maximum atomic E-state index is 12.5. The number of ketones is 1. The van der Waals surface area contributed by atoms with E-state index in [2.05, 4.69) is 43.1 Å². The summed E-state index contributed by atoms with van der Waals surface area (Å²) in [5.74, 6) is 0.0540. The lowest BCUT2D eigenvalue weighted by Gasteiger charge is -2.07. The summed E-state index contributed by atoms with van der Waals surface area (Å²) in [6.45, 7) is 7.78. The van der Waals surface area contributed by atoms with Crippen molar-refractivity contribution in [3.8, 4) is 11.1 Å². The van der Waals surface area contributed by atoms with E-state index in [1.54, 1.807) is 0 Å². The van der Waals surface area contributed by atoms with Crippen LogP contribution in [0.5, 0.6) is 0 Å². The first-order valence-electron chi connectivity index (χ1n) is 9.28. The second kappa shape index (κ2) is 10.6. The zero-order chi connectivity index (χ0) is 19.1. The van der Waals surface area contributed by atoms with Crippen LogP contribution in [0.1, 0.15) is 34.8 Å². The van der Waals surface area contributed by atoms with Crippen LogP contribution in [-0.4, -0.2) is 12.3 Å². The number of carbonyl (C=O) groups excluding carboxylic acids is 1. The van der Waals surface area contributed by atoms with Crippen molar-refractivity contribution in [3.05, 3.63) is 108 Å². The molecule has 0 amide bonds. The predicted molar refractivity (Wildman–Crippen MR) is 120 cm³/mol. The second-order valence-corrected chi connectivity index (χ2v) is 6.85. The molecule has 0 heterocycles. The summed E-state index contributed by atoms with van der Waals surface area (Å²) in [7, 11) is 0. The topological polar surface area (TPSA) is 29.1 Å². The maximum Gasteiger partial charge on any atom is 0.193 e. The Hall–Kier alpha value is -2.68. The Morgan fingerprint density at radius 1 is 0.821 bits per heavy atom. The highest BCUT2D eigenvalue weighted by Crippen LogP contribution is 2.21. The summed E-state index contributed by atoms with van der Waals surface area (Å²) >= 11 is 0. The van der Waals surface area contributed by atoms with Crippen molar-refractivity contribution in [1.82, 2.24) is 5.32 Å². The third-order valence-electron chi connectivity index (χ3n) is 4.53. The molecular formula is C25H26ClNO. The van der Waals surface area contributed by atoms with Crippen LogP contribution in [-0.2, 0) is 6.54 Å². The number of carbonyl (C=O) groups is 1. The van der Waals surface area contributed by atoms with Crippen LogP contribution in [0.15, 0.2) is 91.0 Å². The third kappa shape index (κ3) is 5.91. The van der Waals surface area contributed by atoms with Gasteiger partial charge in [0, 0.05) is 17.7 Å². The number of hydrogen-bond donors (Lipinski definition) is 1. The van der Waals surface area contributed by atoms with Crippen molar-refractivity contribution in [2.75, 3.05) is 6.54 Å². The molecule has 3 heteroatoms. The molecule has 3 rings (SSSR count). The van der Waals surface area contributed by atoms with Crippen molar-refractivity contribution in [1.29, 1.82) is 0 Å². The smallest absolute Gasteiger partial charge is 0.193 e. The number of halogens is 1. The van der Waals surface area contributed by atoms with Crippen LogP contribution in [0.3, 0.4) is 0 Å². The molecule has 0 aliphatic carbocycles. The van der Waals surface area contributed by atoms with E-state index in [0.29, 0.717) is 11.1 Å². The molecule has 0 fully saturated rings. The average molecular weight is 392 g/mol. The van der Waals surface area contributed by atoms with E-state index in [1.165, 1.54) is 11.1 Å². The Balaban J connectivity index is 0.00000280. The van der Waals surface area contributed by atoms with Crippen molar-refractivity contribution in [2.24, 2.45) is 0 Å². The third-order valence-corrected chi connectivity index (χ3v) is 4.53. The molecule has 0 saturated carbocycles. The molecule has 0 spiro atoms. The fraction of sp³-hybridized carbons (Fsp3) is 0.160. The van der Waals surface area contributed by atoms with Crippen molar-refractivity contribution in [3.63, 3.8) is 0 Å². The first-order valence-corrected chi connectivity index (χ1v) is 9.28. The standard InChI is InChI=1S/C25H25NO.ClH/c1-19(2)16-17-26-18-20-8-10-21(11-9-20)22-12-14-24(15-13-22)25(27)23-6-4-3-5-7-23;/h3-15,26H,1,16-18H2,2H3;1H. The Morgan fingerprint density at radius 2 is 1.36 bits per heavy atom. The van der Waals surface area contributed by atoms with Gasteiger partial charge in [-0.2, -0.15) is 0 Å². The van der Waals surface area contributed by atoms with Gasteiger partial charge in [-0.15, -0.1) is 19.0 Å². The molecule has 0 bridgehead atoms. The molecule has 2 nitrogen and oxygen atoms in total. The number of nitrogens with one attached hydrogen (secondary N) is 1. The minimum Gasteiger partial charge on any atom is -0.312 e. The van der Waals surface area contributed by atoms with Gasteiger partial charge in [0.05, 0.1) is 0 Å². The lowest BCUT2D eigenvalue weighted by molar-refractivity contribution is 0.103. The van der Waals surface area contributed by atoms with E-state index >= 15 is 0 Å². The van der Waals surface area contributed by atoms with E-state index < -0.39 is 0 Å². The van der Waals surface area contributed by atoms with Crippen LogP contribution in [0.2, 0.25) is 0 Å². The van der Waals surface area contributed by atoms with E-state index in [1.807, 2.05) is 54.6 Å². The zero-order valence-corrected chi connectivity index (χ0v) is 17.0. The summed E-state index contributed by atoms with van der Waals surface area (Å²) in [6, 6.07) is 25.7. The van der Waals surface area contributed by atoms with Crippen LogP contribution < -0.4 is 5.32 Å². The Labute approximate surface area is 173 Å². The maximum absolute atomic E-state index is 12.5. The SMILES string of the molecule is C=C(C)CCNCc1ccc(-c2ccc(C(=O)c3ccccc3)cc2)cc1.Cl. The van der Waals surface area contributed by atoms with Gasteiger partial charge in [-0.25, -0.2) is 0 Å². The van der Waals surface area contributed by atoms with Crippen LogP contribution in [0.4, 0.5) is 0 Å². The summed E-state index contributed by atoms with van der Waals surface area (Å²) in [5.41, 5.74) is 6.15. The highest BCUT2D eigenvalue weighted by atomic mass is 35.5. The van der Waals surface area contributed by atoms with E-state index in [0.717, 1.165) is 30.6 Å². The van der Waals surface area contributed by atoms with E-state index in [9.17, 15) is 4.79 Å². The van der Waals surface area contributed by atoms with Gasteiger partial charge < -0.3 is 5.32 Å². The Morgan fingerprint density at radius 3 is 1.93 bits per heavy atom. The molecule has 3 aromatic carbocycles. The lowest BCUT2D eigenvalue weighted by atomic mass is 9.99. The van der Waals surface area contributed by atoms with Gasteiger partial charge >= 0.3 is 0 Å². The highest BCUT2D eigenvalue weighted by molar-refractivity contribution is 6.09. The van der Waals surface area contributed by atoms with Crippen molar-refractivity contribution < 1.29 is 4.79 Å². The quantitative estimate of drug-likeness (QED) is 0.287. The minimum atomic E-state index is 0. The Kier molecular flexibility index (Phi) is 8.19.